The Morgan fingerprint density at radius 1 is 1.50 bits per heavy atom. The van der Waals surface area contributed by atoms with E-state index >= 15 is 0 Å². The molecule has 0 spiro atoms. The van der Waals surface area contributed by atoms with Gasteiger partial charge in [-0.25, -0.2) is 0 Å². The van der Waals surface area contributed by atoms with E-state index in [0.717, 1.165) is 0 Å². The first-order valence-electron chi connectivity index (χ1n) is 2.98. The molecule has 1 rings (SSSR count). The first-order chi connectivity index (χ1) is 4.84. The van der Waals surface area contributed by atoms with Crippen molar-refractivity contribution >= 4 is 30.6 Å². The number of Topliss-reactive ketones (excluding diaryl/α,β-unsaturated/α-hetero) is 1. The first kappa shape index (κ1) is 13.9. The molecule has 0 saturated carbocycles. The summed E-state index contributed by atoms with van der Waals surface area (Å²) in [7, 11) is 0. The summed E-state index contributed by atoms with van der Waals surface area (Å²) in [5.74, 6) is -0.0758. The molecule has 0 atom stereocenters. The second-order valence-corrected chi connectivity index (χ2v) is 1.87. The summed E-state index contributed by atoms with van der Waals surface area (Å²) in [5.41, 5.74) is 5.70. The number of rotatable bonds is 2. The number of nitrogens with zero attached hydrogens (tertiary/aromatic N) is 1. The van der Waals surface area contributed by atoms with Crippen LogP contribution in [0.3, 0.4) is 0 Å². The van der Waals surface area contributed by atoms with Gasteiger partial charge in [0.25, 0.3) is 0 Å². The molecule has 0 fully saturated rings. The molecule has 5 heteroatoms. The van der Waals surface area contributed by atoms with Crippen molar-refractivity contribution in [3.63, 3.8) is 0 Å². The number of aromatic nitrogens is 1. The predicted octanol–water partition coefficient (Wildman–Crippen LogP) is 1.07. The molecule has 0 bridgehead atoms. The van der Waals surface area contributed by atoms with Crippen molar-refractivity contribution in [1.29, 1.82) is 0 Å². The van der Waals surface area contributed by atoms with Crippen LogP contribution < -0.4 is 5.73 Å². The molecular weight excluding hydrogens is 199 g/mol. The van der Waals surface area contributed by atoms with Gasteiger partial charge in [-0.15, -0.1) is 24.8 Å². The maximum atomic E-state index is 10.8. The van der Waals surface area contributed by atoms with E-state index < -0.39 is 0 Å². The molecule has 1 aromatic heterocycles. The van der Waals surface area contributed by atoms with Crippen LogP contribution in [0.15, 0.2) is 24.5 Å². The van der Waals surface area contributed by atoms with Gasteiger partial charge in [-0.2, -0.15) is 0 Å². The summed E-state index contributed by atoms with van der Waals surface area (Å²) in [5, 5.41) is 0. The molecule has 1 heterocycles. The number of carbonyl (C=O) groups excluding carboxylic acids is 1. The van der Waals surface area contributed by atoms with E-state index in [0.29, 0.717) is 5.56 Å². The normalized spacial score (nSPS) is 7.75. The molecule has 0 saturated heterocycles. The summed E-state index contributed by atoms with van der Waals surface area (Å²) in [6, 6.07) is 3.41. The fourth-order valence-electron chi connectivity index (χ4n) is 0.646. The van der Waals surface area contributed by atoms with Crippen LogP contribution in [0.1, 0.15) is 10.4 Å². The molecule has 0 aliphatic heterocycles. The monoisotopic (exact) mass is 208 g/mol. The highest BCUT2D eigenvalue weighted by Crippen LogP contribution is 1.94. The molecule has 0 aromatic carbocycles. The second-order valence-electron chi connectivity index (χ2n) is 1.87. The Labute approximate surface area is 83.2 Å². The first-order valence-corrected chi connectivity index (χ1v) is 2.98. The minimum atomic E-state index is -0.0758. The van der Waals surface area contributed by atoms with Crippen LogP contribution in [-0.4, -0.2) is 17.3 Å². The van der Waals surface area contributed by atoms with Gasteiger partial charge in [-0.3, -0.25) is 9.78 Å². The molecular formula is C7H10Cl2N2O. The lowest BCUT2D eigenvalue weighted by atomic mass is 10.2. The van der Waals surface area contributed by atoms with Gasteiger partial charge in [-0.1, -0.05) is 0 Å². The van der Waals surface area contributed by atoms with Gasteiger partial charge < -0.3 is 5.73 Å². The SMILES string of the molecule is Cl.Cl.NCC(=O)c1cccnc1. The molecule has 12 heavy (non-hydrogen) atoms. The highest BCUT2D eigenvalue weighted by Gasteiger charge is 1.99. The van der Waals surface area contributed by atoms with Crippen LogP contribution in [0.5, 0.6) is 0 Å². The van der Waals surface area contributed by atoms with Crippen molar-refractivity contribution < 1.29 is 4.79 Å². The molecule has 0 aliphatic carbocycles. The van der Waals surface area contributed by atoms with E-state index in [-0.39, 0.29) is 37.1 Å². The third-order valence-electron chi connectivity index (χ3n) is 1.17. The maximum Gasteiger partial charge on any atom is 0.177 e. The molecule has 68 valence electrons. The van der Waals surface area contributed by atoms with Gasteiger partial charge in [0, 0.05) is 18.0 Å². The van der Waals surface area contributed by atoms with Crippen LogP contribution in [0.4, 0.5) is 0 Å². The molecule has 1 aromatic rings. The smallest absolute Gasteiger partial charge is 0.177 e. The Hall–Kier alpha value is -0.640. The van der Waals surface area contributed by atoms with Gasteiger partial charge in [0.05, 0.1) is 6.54 Å². The van der Waals surface area contributed by atoms with E-state index in [1.807, 2.05) is 0 Å². The lowest BCUT2D eigenvalue weighted by Crippen LogP contribution is -2.13. The van der Waals surface area contributed by atoms with Crippen molar-refractivity contribution in [2.24, 2.45) is 5.73 Å². The minimum absolute atomic E-state index is 0. The number of pyridine rings is 1. The van der Waals surface area contributed by atoms with Crippen molar-refractivity contribution in [2.75, 3.05) is 6.54 Å². The van der Waals surface area contributed by atoms with Gasteiger partial charge >= 0.3 is 0 Å². The zero-order chi connectivity index (χ0) is 7.40. The fourth-order valence-corrected chi connectivity index (χ4v) is 0.646. The third-order valence-corrected chi connectivity index (χ3v) is 1.17. The number of hydrogen-bond acceptors (Lipinski definition) is 3. The van der Waals surface area contributed by atoms with E-state index in [1.165, 1.54) is 6.20 Å². The van der Waals surface area contributed by atoms with Crippen molar-refractivity contribution in [1.82, 2.24) is 4.98 Å². The van der Waals surface area contributed by atoms with Gasteiger partial charge in [0.2, 0.25) is 0 Å². The number of halogens is 2. The number of hydrogen-bond donors (Lipinski definition) is 1. The lowest BCUT2D eigenvalue weighted by Gasteiger charge is -1.92. The average Bonchev–Trinajstić information content (AvgIpc) is 2.05. The summed E-state index contributed by atoms with van der Waals surface area (Å²) >= 11 is 0. The largest absolute Gasteiger partial charge is 0.324 e. The lowest BCUT2D eigenvalue weighted by molar-refractivity contribution is 0.100. The van der Waals surface area contributed by atoms with E-state index in [9.17, 15) is 4.79 Å². The molecule has 2 N–H and O–H groups in total. The second kappa shape index (κ2) is 7.03. The maximum absolute atomic E-state index is 10.8. The zero-order valence-corrected chi connectivity index (χ0v) is 7.90. The molecule has 3 nitrogen and oxygen atoms in total. The van der Waals surface area contributed by atoms with E-state index in [4.69, 9.17) is 5.73 Å². The van der Waals surface area contributed by atoms with Crippen LogP contribution in [0.25, 0.3) is 0 Å². The Morgan fingerprint density at radius 2 is 2.17 bits per heavy atom. The topological polar surface area (TPSA) is 56.0 Å². The Balaban J connectivity index is 0. The molecule has 0 aliphatic rings. The highest BCUT2D eigenvalue weighted by molar-refractivity contribution is 5.97. The van der Waals surface area contributed by atoms with Crippen LogP contribution in [0.2, 0.25) is 0 Å². The van der Waals surface area contributed by atoms with Crippen LogP contribution in [-0.2, 0) is 0 Å². The number of carbonyl (C=O) groups is 1. The highest BCUT2D eigenvalue weighted by atomic mass is 35.5. The number of nitrogens with two attached hydrogens (primary N) is 1. The minimum Gasteiger partial charge on any atom is -0.324 e. The molecule has 0 amide bonds. The van der Waals surface area contributed by atoms with Crippen LogP contribution >= 0.6 is 24.8 Å². The average molecular weight is 209 g/mol. The molecule has 0 unspecified atom stereocenters. The predicted molar refractivity (Wildman–Crippen MR) is 52.1 cm³/mol. The summed E-state index contributed by atoms with van der Waals surface area (Å²) < 4.78 is 0. The van der Waals surface area contributed by atoms with Gasteiger partial charge in [0.1, 0.15) is 0 Å². The van der Waals surface area contributed by atoms with Crippen molar-refractivity contribution in [3.05, 3.63) is 30.1 Å². The van der Waals surface area contributed by atoms with E-state index in [2.05, 4.69) is 4.98 Å². The summed E-state index contributed by atoms with van der Waals surface area (Å²) in [6.45, 7) is 0.0473. The fraction of sp³-hybridized carbons (Fsp3) is 0.143. The number of ketones is 1. The Morgan fingerprint density at radius 3 is 2.58 bits per heavy atom. The summed E-state index contributed by atoms with van der Waals surface area (Å²) in [4.78, 5) is 14.6. The van der Waals surface area contributed by atoms with Gasteiger partial charge in [-0.05, 0) is 12.1 Å². The van der Waals surface area contributed by atoms with Crippen molar-refractivity contribution in [3.8, 4) is 0 Å². The molecule has 0 radical (unpaired) electrons. The quantitative estimate of drug-likeness (QED) is 0.741. The van der Waals surface area contributed by atoms with Crippen molar-refractivity contribution in [2.45, 2.75) is 0 Å². The van der Waals surface area contributed by atoms with Gasteiger partial charge in [0.15, 0.2) is 5.78 Å². The Bertz CT molecular complexity index is 228. The van der Waals surface area contributed by atoms with E-state index in [1.54, 1.807) is 18.3 Å². The van der Waals surface area contributed by atoms with Crippen LogP contribution in [0, 0.1) is 0 Å². The standard InChI is InChI=1S/C7H8N2O.2ClH/c8-4-7(10)6-2-1-3-9-5-6;;/h1-3,5H,4,8H2;2*1H. The zero-order valence-electron chi connectivity index (χ0n) is 6.27. The Kier molecular flexibility index (Phi) is 8.16. The summed E-state index contributed by atoms with van der Waals surface area (Å²) in [6.07, 6.45) is 3.13. The third kappa shape index (κ3) is 3.67.